The number of nitrogens with one attached hydrogen (secondary N) is 2. The van der Waals surface area contributed by atoms with E-state index in [1.54, 1.807) is 12.1 Å². The fourth-order valence-corrected chi connectivity index (χ4v) is 9.74. The van der Waals surface area contributed by atoms with Crippen molar-refractivity contribution in [3.05, 3.63) is 30.1 Å². The molecule has 0 aliphatic heterocycles. The quantitative estimate of drug-likeness (QED) is 0.305. The number of fused-ring (bicyclic) bond motifs is 5. The van der Waals surface area contributed by atoms with Crippen LogP contribution in [0.15, 0.2) is 29.2 Å². The smallest absolute Gasteiger partial charge is 0.325 e. The van der Waals surface area contributed by atoms with Gasteiger partial charge < -0.3 is 5.32 Å². The molecule has 1 aromatic rings. The Morgan fingerprint density at radius 2 is 1.83 bits per heavy atom. The summed E-state index contributed by atoms with van der Waals surface area (Å²) in [4.78, 5) is 12.8. The van der Waals surface area contributed by atoms with Gasteiger partial charge in [-0.2, -0.15) is 0 Å². The van der Waals surface area contributed by atoms with Gasteiger partial charge in [0.05, 0.1) is 0 Å². The van der Waals surface area contributed by atoms with Gasteiger partial charge >= 0.3 is 6.03 Å². The predicted octanol–water partition coefficient (Wildman–Crippen LogP) is 7.91. The SMILES string of the molecule is CC12CCC3C(CCC4C(F)CCC[C@@]43C)C1CCC2CCCNC(=O)NSc1cccc(F)c1. The van der Waals surface area contributed by atoms with Crippen molar-refractivity contribution in [1.82, 2.24) is 10.0 Å². The van der Waals surface area contributed by atoms with Crippen molar-refractivity contribution in [2.45, 2.75) is 95.5 Å². The molecule has 0 heterocycles. The fourth-order valence-electron chi connectivity index (χ4n) is 9.13. The monoisotopic (exact) mass is 504 g/mol. The van der Waals surface area contributed by atoms with Crippen LogP contribution in [0.4, 0.5) is 13.6 Å². The van der Waals surface area contributed by atoms with Gasteiger partial charge in [0.1, 0.15) is 12.0 Å². The first kappa shape index (κ1) is 25.4. The summed E-state index contributed by atoms with van der Waals surface area (Å²) in [5.41, 5.74) is 0.629. The maximum atomic E-state index is 14.9. The lowest BCUT2D eigenvalue weighted by molar-refractivity contribution is -0.130. The van der Waals surface area contributed by atoms with E-state index < -0.39 is 6.17 Å². The molecule has 194 valence electrons. The lowest BCUT2D eigenvalue weighted by atomic mass is 9.44. The van der Waals surface area contributed by atoms with Crippen LogP contribution < -0.4 is 10.0 Å². The summed E-state index contributed by atoms with van der Waals surface area (Å²) < 4.78 is 30.9. The van der Waals surface area contributed by atoms with Gasteiger partial charge in [0.2, 0.25) is 0 Å². The molecule has 6 heteroatoms. The van der Waals surface area contributed by atoms with Crippen LogP contribution in [0.25, 0.3) is 0 Å². The van der Waals surface area contributed by atoms with Gasteiger partial charge in [0.25, 0.3) is 0 Å². The third-order valence-corrected chi connectivity index (χ3v) is 11.6. The number of amides is 2. The third-order valence-electron chi connectivity index (χ3n) is 10.8. The molecule has 5 rings (SSSR count). The van der Waals surface area contributed by atoms with Crippen LogP contribution in [0.3, 0.4) is 0 Å². The number of hydrogen-bond donors (Lipinski definition) is 2. The van der Waals surface area contributed by atoms with Crippen LogP contribution in [0.1, 0.15) is 84.5 Å². The Bertz CT molecular complexity index is 914. The van der Waals surface area contributed by atoms with Gasteiger partial charge in [-0.3, -0.25) is 4.72 Å². The average Bonchev–Trinajstić information content (AvgIpc) is 3.17. The highest BCUT2D eigenvalue weighted by atomic mass is 32.2. The maximum Gasteiger partial charge on any atom is 0.325 e. The van der Waals surface area contributed by atoms with E-state index in [-0.39, 0.29) is 17.3 Å². The zero-order valence-corrected chi connectivity index (χ0v) is 22.1. The molecule has 7 unspecified atom stereocenters. The molecule has 4 aliphatic carbocycles. The Balaban J connectivity index is 1.10. The third kappa shape index (κ3) is 4.85. The molecule has 0 radical (unpaired) electrons. The maximum absolute atomic E-state index is 14.9. The lowest BCUT2D eigenvalue weighted by Crippen LogP contribution is -2.54. The topological polar surface area (TPSA) is 41.1 Å². The standard InChI is InChI=1S/C29H42F2N2OS/c1-28-16-14-24-22(11-13-25-26(31)9-4-15-29(24,25)2)23(28)12-10-19(28)6-5-17-32-27(34)33-35-21-8-3-7-20(30)18-21/h3,7-8,18-19,22-26H,4-6,9-17H2,1-2H3,(H2,32,33,34)/t19?,22?,23?,24?,25?,26?,28?,29-/m1/s1. The largest absolute Gasteiger partial charge is 0.337 e. The van der Waals surface area contributed by atoms with Gasteiger partial charge in [0.15, 0.2) is 0 Å². The van der Waals surface area contributed by atoms with Crippen LogP contribution >= 0.6 is 11.9 Å². The Morgan fingerprint density at radius 1 is 1.03 bits per heavy atom. The van der Waals surface area contributed by atoms with Gasteiger partial charge in [-0.15, -0.1) is 0 Å². The van der Waals surface area contributed by atoms with Gasteiger partial charge in [-0.05, 0) is 141 Å². The normalized spacial score (nSPS) is 40.3. The Kier molecular flexibility index (Phi) is 7.40. The van der Waals surface area contributed by atoms with Crippen LogP contribution in [0.2, 0.25) is 0 Å². The van der Waals surface area contributed by atoms with Gasteiger partial charge in [-0.25, -0.2) is 13.6 Å². The zero-order valence-electron chi connectivity index (χ0n) is 21.3. The van der Waals surface area contributed by atoms with E-state index in [9.17, 15) is 13.6 Å². The fraction of sp³-hybridized carbons (Fsp3) is 0.759. The molecule has 1 aromatic carbocycles. The van der Waals surface area contributed by atoms with Crippen LogP contribution in [-0.2, 0) is 0 Å². The number of carbonyl (C=O) groups is 1. The number of urea groups is 1. The average molecular weight is 505 g/mol. The van der Waals surface area contributed by atoms with Crippen molar-refractivity contribution in [3.8, 4) is 0 Å². The first-order valence-corrected chi connectivity index (χ1v) is 14.7. The second kappa shape index (κ2) is 10.2. The van der Waals surface area contributed by atoms with Gasteiger partial charge in [0, 0.05) is 11.4 Å². The number of halogens is 2. The molecule has 35 heavy (non-hydrogen) atoms. The summed E-state index contributed by atoms with van der Waals surface area (Å²) in [6.07, 6.45) is 12.2. The van der Waals surface area contributed by atoms with E-state index in [0.717, 1.165) is 67.7 Å². The van der Waals surface area contributed by atoms with Crippen LogP contribution in [0.5, 0.6) is 0 Å². The van der Waals surface area contributed by atoms with E-state index in [1.807, 2.05) is 0 Å². The summed E-state index contributed by atoms with van der Waals surface area (Å²) in [5.74, 6) is 3.03. The Labute approximate surface area is 214 Å². The van der Waals surface area contributed by atoms with Crippen LogP contribution in [0, 0.1) is 46.2 Å². The highest BCUT2D eigenvalue weighted by Gasteiger charge is 2.60. The van der Waals surface area contributed by atoms with Crippen molar-refractivity contribution in [2.24, 2.45) is 40.4 Å². The molecule has 2 N–H and O–H groups in total. The molecule has 0 saturated heterocycles. The minimum absolute atomic E-state index is 0.223. The zero-order chi connectivity index (χ0) is 24.6. The molecular formula is C29H42F2N2OS. The minimum atomic E-state index is -0.573. The molecular weight excluding hydrogens is 462 g/mol. The number of hydrogen-bond acceptors (Lipinski definition) is 2. The molecule has 4 aliphatic rings. The van der Waals surface area contributed by atoms with E-state index in [2.05, 4.69) is 23.9 Å². The summed E-state index contributed by atoms with van der Waals surface area (Å²) in [6.45, 7) is 5.66. The molecule has 4 fully saturated rings. The summed E-state index contributed by atoms with van der Waals surface area (Å²) in [6, 6.07) is 5.99. The number of carbonyl (C=O) groups excluding carboxylic acids is 1. The molecule has 0 spiro atoms. The molecule has 3 nitrogen and oxygen atoms in total. The molecule has 0 aromatic heterocycles. The molecule has 4 saturated carbocycles. The minimum Gasteiger partial charge on any atom is -0.337 e. The van der Waals surface area contributed by atoms with E-state index in [1.165, 1.54) is 50.7 Å². The van der Waals surface area contributed by atoms with Crippen molar-refractivity contribution in [2.75, 3.05) is 6.54 Å². The highest BCUT2D eigenvalue weighted by Crippen LogP contribution is 2.68. The number of benzene rings is 1. The van der Waals surface area contributed by atoms with Crippen molar-refractivity contribution >= 4 is 18.0 Å². The van der Waals surface area contributed by atoms with Crippen molar-refractivity contribution in [3.63, 3.8) is 0 Å². The Hall–Kier alpha value is -1.30. The summed E-state index contributed by atoms with van der Waals surface area (Å²) >= 11 is 1.13. The molecule has 0 bridgehead atoms. The van der Waals surface area contributed by atoms with E-state index >= 15 is 0 Å². The van der Waals surface area contributed by atoms with Crippen molar-refractivity contribution in [1.29, 1.82) is 0 Å². The molecule has 8 atom stereocenters. The van der Waals surface area contributed by atoms with E-state index in [4.69, 9.17) is 0 Å². The highest BCUT2D eigenvalue weighted by molar-refractivity contribution is 7.98. The second-order valence-corrected chi connectivity index (χ2v) is 13.2. The lowest BCUT2D eigenvalue weighted by Gasteiger charge is -2.61. The second-order valence-electron chi connectivity index (χ2n) is 12.4. The predicted molar refractivity (Wildman–Crippen MR) is 138 cm³/mol. The summed E-state index contributed by atoms with van der Waals surface area (Å²) in [7, 11) is 0. The Morgan fingerprint density at radius 3 is 2.66 bits per heavy atom. The number of rotatable bonds is 6. The van der Waals surface area contributed by atoms with E-state index in [0.29, 0.717) is 22.8 Å². The van der Waals surface area contributed by atoms with Crippen LogP contribution in [-0.4, -0.2) is 18.7 Å². The molecule has 2 amide bonds. The first-order valence-electron chi connectivity index (χ1n) is 13.9. The van der Waals surface area contributed by atoms with Gasteiger partial charge in [-0.1, -0.05) is 19.9 Å². The first-order chi connectivity index (χ1) is 16.8. The number of alkyl halides is 1. The summed E-state index contributed by atoms with van der Waals surface area (Å²) in [5, 5.41) is 2.96. The van der Waals surface area contributed by atoms with Crippen molar-refractivity contribution < 1.29 is 13.6 Å².